The van der Waals surface area contributed by atoms with Crippen LogP contribution in [0.5, 0.6) is 11.5 Å². The molecule has 140 valence electrons. The largest absolute Gasteiger partial charge is 0.486 e. The van der Waals surface area contributed by atoms with E-state index in [4.69, 9.17) is 9.47 Å². The van der Waals surface area contributed by atoms with Gasteiger partial charge in [0.15, 0.2) is 17.3 Å². The second-order valence-electron chi connectivity index (χ2n) is 6.19. The van der Waals surface area contributed by atoms with Gasteiger partial charge in [-0.1, -0.05) is 34.1 Å². The Kier molecular flexibility index (Phi) is 5.12. The molecule has 3 aromatic carbocycles. The summed E-state index contributed by atoms with van der Waals surface area (Å²) >= 11 is 3.36. The summed E-state index contributed by atoms with van der Waals surface area (Å²) in [5.74, 6) is 0.663. The van der Waals surface area contributed by atoms with Gasteiger partial charge in [0.2, 0.25) is 0 Å². The number of anilines is 1. The fourth-order valence-electron chi connectivity index (χ4n) is 2.96. The van der Waals surface area contributed by atoms with Crippen LogP contribution in [0.25, 0.3) is 0 Å². The van der Waals surface area contributed by atoms with Crippen molar-refractivity contribution in [2.45, 2.75) is 0 Å². The Balaban J connectivity index is 1.60. The quantitative estimate of drug-likeness (QED) is 0.600. The van der Waals surface area contributed by atoms with Crippen LogP contribution >= 0.6 is 15.9 Å². The van der Waals surface area contributed by atoms with E-state index in [1.165, 1.54) is 0 Å². The molecule has 0 unspecified atom stereocenters. The van der Waals surface area contributed by atoms with Crippen LogP contribution in [0.1, 0.15) is 26.3 Å². The third-order valence-corrected chi connectivity index (χ3v) is 4.85. The summed E-state index contributed by atoms with van der Waals surface area (Å²) in [6.07, 6.45) is 0. The van der Waals surface area contributed by atoms with Gasteiger partial charge in [-0.15, -0.1) is 0 Å². The SMILES string of the molecule is O=C(Nc1ccc2c(c1)OCCO2)c1ccccc1C(=O)c1ccc(Br)cc1. The van der Waals surface area contributed by atoms with Crippen LogP contribution in [0.3, 0.4) is 0 Å². The number of benzene rings is 3. The van der Waals surface area contributed by atoms with Gasteiger partial charge in [0.05, 0.1) is 5.56 Å². The first kappa shape index (κ1) is 18.3. The second kappa shape index (κ2) is 7.86. The van der Waals surface area contributed by atoms with E-state index in [1.807, 2.05) is 0 Å². The highest BCUT2D eigenvalue weighted by Crippen LogP contribution is 2.32. The highest BCUT2D eigenvalue weighted by Gasteiger charge is 2.19. The monoisotopic (exact) mass is 437 g/mol. The fraction of sp³-hybridized carbons (Fsp3) is 0.0909. The summed E-state index contributed by atoms with van der Waals surface area (Å²) in [6.45, 7) is 0.971. The summed E-state index contributed by atoms with van der Waals surface area (Å²) in [5, 5.41) is 2.83. The zero-order chi connectivity index (χ0) is 19.5. The van der Waals surface area contributed by atoms with Crippen molar-refractivity contribution in [2.24, 2.45) is 0 Å². The maximum Gasteiger partial charge on any atom is 0.256 e. The lowest BCUT2D eigenvalue weighted by atomic mass is 9.98. The van der Waals surface area contributed by atoms with Crippen molar-refractivity contribution in [3.05, 3.63) is 87.9 Å². The highest BCUT2D eigenvalue weighted by atomic mass is 79.9. The standard InChI is InChI=1S/C22H16BrNO4/c23-15-7-5-14(6-8-15)21(25)17-3-1-2-4-18(17)22(26)24-16-9-10-19-20(13-16)28-12-11-27-19/h1-10,13H,11-12H2,(H,24,26). The number of nitrogens with one attached hydrogen (secondary N) is 1. The summed E-state index contributed by atoms with van der Waals surface area (Å²) in [6, 6.07) is 19.0. The Hall–Kier alpha value is -3.12. The lowest BCUT2D eigenvalue weighted by Crippen LogP contribution is -2.18. The van der Waals surface area contributed by atoms with E-state index in [-0.39, 0.29) is 11.7 Å². The lowest BCUT2D eigenvalue weighted by molar-refractivity contribution is 0.0996. The van der Waals surface area contributed by atoms with Gasteiger partial charge in [-0.3, -0.25) is 9.59 Å². The number of hydrogen-bond acceptors (Lipinski definition) is 4. The molecular formula is C22H16BrNO4. The molecule has 0 aliphatic carbocycles. The van der Waals surface area contributed by atoms with Gasteiger partial charge >= 0.3 is 0 Å². The van der Waals surface area contributed by atoms with Gasteiger partial charge in [-0.05, 0) is 42.5 Å². The minimum atomic E-state index is -0.363. The molecule has 0 atom stereocenters. The van der Waals surface area contributed by atoms with Gasteiger partial charge in [0.1, 0.15) is 13.2 Å². The predicted molar refractivity (Wildman–Crippen MR) is 109 cm³/mol. The number of halogens is 1. The molecule has 0 saturated heterocycles. The third kappa shape index (κ3) is 3.77. The smallest absolute Gasteiger partial charge is 0.256 e. The first-order valence-corrected chi connectivity index (χ1v) is 9.51. The normalized spacial score (nSPS) is 12.3. The molecule has 1 N–H and O–H groups in total. The van der Waals surface area contributed by atoms with Crippen molar-refractivity contribution < 1.29 is 19.1 Å². The van der Waals surface area contributed by atoms with Crippen molar-refractivity contribution >= 4 is 33.3 Å². The van der Waals surface area contributed by atoms with Crippen LogP contribution in [-0.4, -0.2) is 24.9 Å². The number of ether oxygens (including phenoxy) is 2. The Morgan fingerprint density at radius 2 is 1.50 bits per heavy atom. The van der Waals surface area contributed by atoms with E-state index < -0.39 is 0 Å². The molecular weight excluding hydrogens is 422 g/mol. The fourth-order valence-corrected chi connectivity index (χ4v) is 3.22. The molecule has 0 fully saturated rings. The minimum Gasteiger partial charge on any atom is -0.486 e. The molecule has 1 aliphatic rings. The Morgan fingerprint density at radius 1 is 0.821 bits per heavy atom. The molecule has 0 bridgehead atoms. The van der Waals surface area contributed by atoms with Gasteiger partial charge in [-0.2, -0.15) is 0 Å². The molecule has 28 heavy (non-hydrogen) atoms. The molecule has 1 aliphatic heterocycles. The van der Waals surface area contributed by atoms with Crippen LogP contribution in [0.4, 0.5) is 5.69 Å². The molecule has 1 amide bonds. The molecule has 5 nitrogen and oxygen atoms in total. The zero-order valence-electron chi connectivity index (χ0n) is 14.8. The molecule has 4 rings (SSSR count). The molecule has 6 heteroatoms. The topological polar surface area (TPSA) is 64.6 Å². The highest BCUT2D eigenvalue weighted by molar-refractivity contribution is 9.10. The van der Waals surface area contributed by atoms with E-state index in [0.29, 0.717) is 47.1 Å². The number of amides is 1. The van der Waals surface area contributed by atoms with E-state index in [0.717, 1.165) is 4.47 Å². The van der Waals surface area contributed by atoms with Gasteiger partial charge in [0, 0.05) is 27.4 Å². The van der Waals surface area contributed by atoms with Gasteiger partial charge < -0.3 is 14.8 Å². The lowest BCUT2D eigenvalue weighted by Gasteiger charge is -2.19. The van der Waals surface area contributed by atoms with Crippen LogP contribution in [0.15, 0.2) is 71.2 Å². The van der Waals surface area contributed by atoms with E-state index in [2.05, 4.69) is 21.2 Å². The molecule has 0 spiro atoms. The van der Waals surface area contributed by atoms with Crippen LogP contribution < -0.4 is 14.8 Å². The maximum atomic E-state index is 12.9. The first-order valence-electron chi connectivity index (χ1n) is 8.72. The second-order valence-corrected chi connectivity index (χ2v) is 7.11. The van der Waals surface area contributed by atoms with Crippen molar-refractivity contribution in [2.75, 3.05) is 18.5 Å². The first-order chi connectivity index (χ1) is 13.6. The number of ketones is 1. The number of fused-ring (bicyclic) bond motifs is 1. The summed E-state index contributed by atoms with van der Waals surface area (Å²) in [7, 11) is 0. The predicted octanol–water partition coefficient (Wildman–Crippen LogP) is 4.70. The summed E-state index contributed by atoms with van der Waals surface area (Å²) in [4.78, 5) is 25.7. The Morgan fingerprint density at radius 3 is 2.25 bits per heavy atom. The Labute approximate surface area is 170 Å². The summed E-state index contributed by atoms with van der Waals surface area (Å²) < 4.78 is 11.9. The third-order valence-electron chi connectivity index (χ3n) is 4.32. The zero-order valence-corrected chi connectivity index (χ0v) is 16.4. The maximum absolute atomic E-state index is 12.9. The van der Waals surface area contributed by atoms with E-state index >= 15 is 0 Å². The van der Waals surface area contributed by atoms with Crippen molar-refractivity contribution in [3.8, 4) is 11.5 Å². The Bertz CT molecular complexity index is 1050. The van der Waals surface area contributed by atoms with Gasteiger partial charge in [0.25, 0.3) is 5.91 Å². The average molecular weight is 438 g/mol. The van der Waals surface area contributed by atoms with Crippen molar-refractivity contribution in [3.63, 3.8) is 0 Å². The number of hydrogen-bond donors (Lipinski definition) is 1. The van der Waals surface area contributed by atoms with Crippen LogP contribution in [0.2, 0.25) is 0 Å². The molecule has 0 radical (unpaired) electrons. The van der Waals surface area contributed by atoms with Crippen LogP contribution in [0, 0.1) is 0 Å². The number of carbonyl (C=O) groups is 2. The molecule has 0 saturated carbocycles. The minimum absolute atomic E-state index is 0.208. The van der Waals surface area contributed by atoms with Crippen LogP contribution in [-0.2, 0) is 0 Å². The average Bonchev–Trinajstić information content (AvgIpc) is 2.73. The van der Waals surface area contributed by atoms with Crippen molar-refractivity contribution in [1.82, 2.24) is 0 Å². The van der Waals surface area contributed by atoms with Crippen molar-refractivity contribution in [1.29, 1.82) is 0 Å². The molecule has 1 heterocycles. The van der Waals surface area contributed by atoms with E-state index in [1.54, 1.807) is 66.7 Å². The van der Waals surface area contributed by atoms with Gasteiger partial charge in [-0.25, -0.2) is 0 Å². The molecule has 0 aromatic heterocycles. The summed E-state index contributed by atoms with van der Waals surface area (Å²) in [5.41, 5.74) is 1.74. The molecule has 3 aromatic rings. The number of carbonyl (C=O) groups excluding carboxylic acids is 2. The van der Waals surface area contributed by atoms with E-state index in [9.17, 15) is 9.59 Å². The number of rotatable bonds is 4.